The summed E-state index contributed by atoms with van der Waals surface area (Å²) >= 11 is 5.91. The maximum atomic E-state index is 5.91. The number of imidazole rings is 1. The predicted octanol–water partition coefficient (Wildman–Crippen LogP) is 0.961. The van der Waals surface area contributed by atoms with Gasteiger partial charge in [-0.15, -0.1) is 0 Å². The van der Waals surface area contributed by atoms with Crippen LogP contribution in [0, 0.1) is 0 Å². The van der Waals surface area contributed by atoms with E-state index in [1.807, 2.05) is 43.9 Å². The van der Waals surface area contributed by atoms with Crippen LogP contribution < -0.4 is 9.80 Å². The van der Waals surface area contributed by atoms with Gasteiger partial charge in [-0.05, 0) is 11.6 Å². The van der Waals surface area contributed by atoms with E-state index in [0.717, 1.165) is 5.82 Å². The quantitative estimate of drug-likeness (QED) is 0.832. The van der Waals surface area contributed by atoms with Crippen LogP contribution in [0.4, 0.5) is 11.9 Å². The Balaban J connectivity index is 2.23. The lowest BCUT2D eigenvalue weighted by atomic mass is 10.5. The van der Waals surface area contributed by atoms with E-state index < -0.39 is 0 Å². The van der Waals surface area contributed by atoms with Crippen LogP contribution in [0.5, 0.6) is 0 Å². The van der Waals surface area contributed by atoms with Gasteiger partial charge in [-0.25, -0.2) is 4.98 Å². The van der Waals surface area contributed by atoms with Gasteiger partial charge in [-0.2, -0.15) is 15.0 Å². The number of anilines is 2. The maximum absolute atomic E-state index is 5.91. The molecule has 0 bridgehead atoms. The van der Waals surface area contributed by atoms with Crippen LogP contribution in [-0.2, 0) is 13.6 Å². The van der Waals surface area contributed by atoms with E-state index in [-0.39, 0.29) is 5.28 Å². The minimum absolute atomic E-state index is 0.181. The molecule has 0 unspecified atom stereocenters. The molecule has 0 aliphatic rings. The number of halogens is 1. The zero-order valence-corrected chi connectivity index (χ0v) is 12.1. The van der Waals surface area contributed by atoms with E-state index in [1.165, 1.54) is 0 Å². The van der Waals surface area contributed by atoms with Gasteiger partial charge in [-0.1, -0.05) is 0 Å². The van der Waals surface area contributed by atoms with Crippen molar-refractivity contribution in [3.63, 3.8) is 0 Å². The van der Waals surface area contributed by atoms with E-state index in [4.69, 9.17) is 11.6 Å². The van der Waals surface area contributed by atoms with Crippen LogP contribution in [0.1, 0.15) is 5.82 Å². The molecule has 2 rings (SSSR count). The van der Waals surface area contributed by atoms with E-state index in [9.17, 15) is 0 Å². The van der Waals surface area contributed by atoms with Gasteiger partial charge in [0.25, 0.3) is 0 Å². The second-order valence-electron chi connectivity index (χ2n) is 4.41. The van der Waals surface area contributed by atoms with E-state index >= 15 is 0 Å². The van der Waals surface area contributed by atoms with Crippen molar-refractivity contribution in [3.05, 3.63) is 23.5 Å². The molecule has 2 heterocycles. The Hall–Kier alpha value is -1.89. The lowest BCUT2D eigenvalue weighted by molar-refractivity contribution is 0.743. The SMILES string of the molecule is CN(C)c1nc(Cl)nc(N(C)Cc2nccn2C)n1. The smallest absolute Gasteiger partial charge is 0.231 e. The summed E-state index contributed by atoms with van der Waals surface area (Å²) in [4.78, 5) is 20.5. The van der Waals surface area contributed by atoms with E-state index in [0.29, 0.717) is 18.4 Å². The number of hydrogen-bond acceptors (Lipinski definition) is 6. The minimum Gasteiger partial charge on any atom is -0.347 e. The molecular formula is C11H16ClN7. The molecule has 19 heavy (non-hydrogen) atoms. The molecule has 8 heteroatoms. The van der Waals surface area contributed by atoms with Crippen LogP contribution in [-0.4, -0.2) is 45.6 Å². The van der Waals surface area contributed by atoms with Crippen LogP contribution >= 0.6 is 11.6 Å². The first-order valence-electron chi connectivity index (χ1n) is 5.73. The van der Waals surface area contributed by atoms with Gasteiger partial charge in [-0.3, -0.25) is 0 Å². The van der Waals surface area contributed by atoms with Gasteiger partial charge in [0.1, 0.15) is 5.82 Å². The van der Waals surface area contributed by atoms with Crippen molar-refractivity contribution in [1.29, 1.82) is 0 Å². The third kappa shape index (κ3) is 3.11. The molecular weight excluding hydrogens is 266 g/mol. The van der Waals surface area contributed by atoms with Crippen molar-refractivity contribution in [3.8, 4) is 0 Å². The number of nitrogens with zero attached hydrogens (tertiary/aromatic N) is 7. The molecule has 0 N–H and O–H groups in total. The fraction of sp³-hybridized carbons (Fsp3) is 0.455. The molecule has 0 atom stereocenters. The van der Waals surface area contributed by atoms with Crippen molar-refractivity contribution >= 4 is 23.5 Å². The van der Waals surface area contributed by atoms with Crippen molar-refractivity contribution in [2.45, 2.75) is 6.54 Å². The molecule has 2 aromatic heterocycles. The molecule has 0 aliphatic carbocycles. The van der Waals surface area contributed by atoms with Crippen molar-refractivity contribution in [1.82, 2.24) is 24.5 Å². The van der Waals surface area contributed by atoms with E-state index in [1.54, 1.807) is 11.1 Å². The summed E-state index contributed by atoms with van der Waals surface area (Å²) in [6.07, 6.45) is 3.66. The Labute approximate surface area is 116 Å². The highest BCUT2D eigenvalue weighted by Crippen LogP contribution is 2.15. The molecule has 0 radical (unpaired) electrons. The fourth-order valence-electron chi connectivity index (χ4n) is 1.53. The molecule has 0 aromatic carbocycles. The monoisotopic (exact) mass is 281 g/mol. The highest BCUT2D eigenvalue weighted by atomic mass is 35.5. The number of hydrogen-bond donors (Lipinski definition) is 0. The summed E-state index contributed by atoms with van der Waals surface area (Å²) < 4.78 is 1.95. The Morgan fingerprint density at radius 1 is 1.16 bits per heavy atom. The second-order valence-corrected chi connectivity index (χ2v) is 4.75. The Morgan fingerprint density at radius 2 is 1.84 bits per heavy atom. The highest BCUT2D eigenvalue weighted by Gasteiger charge is 2.12. The molecule has 2 aromatic rings. The summed E-state index contributed by atoms with van der Waals surface area (Å²) in [5.74, 6) is 1.97. The minimum atomic E-state index is 0.181. The average molecular weight is 282 g/mol. The molecule has 102 valence electrons. The first-order valence-corrected chi connectivity index (χ1v) is 6.11. The lowest BCUT2D eigenvalue weighted by Crippen LogP contribution is -2.23. The van der Waals surface area contributed by atoms with Gasteiger partial charge >= 0.3 is 0 Å². The lowest BCUT2D eigenvalue weighted by Gasteiger charge is -2.18. The van der Waals surface area contributed by atoms with Crippen LogP contribution in [0.3, 0.4) is 0 Å². The fourth-order valence-corrected chi connectivity index (χ4v) is 1.68. The van der Waals surface area contributed by atoms with Crippen LogP contribution in [0.25, 0.3) is 0 Å². The topological polar surface area (TPSA) is 63.0 Å². The molecule has 7 nitrogen and oxygen atoms in total. The molecule has 0 fully saturated rings. The van der Waals surface area contributed by atoms with E-state index in [2.05, 4.69) is 19.9 Å². The number of rotatable bonds is 4. The predicted molar refractivity (Wildman–Crippen MR) is 74.5 cm³/mol. The summed E-state index contributed by atoms with van der Waals surface area (Å²) in [5.41, 5.74) is 0. The molecule has 0 spiro atoms. The third-order valence-electron chi connectivity index (χ3n) is 2.63. The number of aromatic nitrogens is 5. The summed E-state index contributed by atoms with van der Waals surface area (Å²) in [5, 5.41) is 0.181. The van der Waals surface area contributed by atoms with Gasteiger partial charge in [0.2, 0.25) is 17.2 Å². The van der Waals surface area contributed by atoms with Gasteiger partial charge in [0, 0.05) is 40.6 Å². The third-order valence-corrected chi connectivity index (χ3v) is 2.79. The zero-order chi connectivity index (χ0) is 14.0. The zero-order valence-electron chi connectivity index (χ0n) is 11.4. The normalized spacial score (nSPS) is 10.6. The highest BCUT2D eigenvalue weighted by molar-refractivity contribution is 6.28. The van der Waals surface area contributed by atoms with Crippen molar-refractivity contribution in [2.24, 2.45) is 7.05 Å². The summed E-state index contributed by atoms with van der Waals surface area (Å²) in [7, 11) is 7.55. The van der Waals surface area contributed by atoms with Crippen molar-refractivity contribution in [2.75, 3.05) is 30.9 Å². The Morgan fingerprint density at radius 3 is 2.42 bits per heavy atom. The molecule has 0 saturated carbocycles. The Kier molecular flexibility index (Phi) is 3.84. The molecule has 0 aliphatic heterocycles. The maximum Gasteiger partial charge on any atom is 0.231 e. The largest absolute Gasteiger partial charge is 0.347 e. The van der Waals surface area contributed by atoms with Gasteiger partial charge < -0.3 is 14.4 Å². The Bertz CT molecular complexity index is 566. The van der Waals surface area contributed by atoms with Crippen LogP contribution in [0.2, 0.25) is 5.28 Å². The second kappa shape index (κ2) is 5.40. The number of aryl methyl sites for hydroxylation is 1. The average Bonchev–Trinajstić information content (AvgIpc) is 2.74. The van der Waals surface area contributed by atoms with Crippen molar-refractivity contribution < 1.29 is 0 Å². The first kappa shape index (κ1) is 13.5. The summed E-state index contributed by atoms with van der Waals surface area (Å²) in [6.45, 7) is 0.594. The van der Waals surface area contributed by atoms with Gasteiger partial charge in [0.15, 0.2) is 0 Å². The molecule has 0 saturated heterocycles. The van der Waals surface area contributed by atoms with Gasteiger partial charge in [0.05, 0.1) is 6.54 Å². The standard InChI is InChI=1S/C11H16ClN7/c1-17(2)10-14-9(12)15-11(16-10)19(4)7-8-13-5-6-18(8)3/h5-6H,7H2,1-4H3. The summed E-state index contributed by atoms with van der Waals surface area (Å²) in [6, 6.07) is 0. The molecule has 0 amide bonds. The first-order chi connectivity index (χ1) is 8.97. The van der Waals surface area contributed by atoms with Crippen LogP contribution in [0.15, 0.2) is 12.4 Å².